The number of esters is 1. The first-order valence-electron chi connectivity index (χ1n) is 6.39. The van der Waals surface area contributed by atoms with E-state index >= 15 is 0 Å². The van der Waals surface area contributed by atoms with Crippen molar-refractivity contribution in [3.8, 4) is 0 Å². The van der Waals surface area contributed by atoms with Gasteiger partial charge in [0.1, 0.15) is 5.56 Å². The predicted molar refractivity (Wildman–Crippen MR) is 65.2 cm³/mol. The van der Waals surface area contributed by atoms with Crippen LogP contribution in [0.4, 0.5) is 22.0 Å². The zero-order valence-corrected chi connectivity index (χ0v) is 11.8. The molecule has 118 valence electrons. The summed E-state index contributed by atoms with van der Waals surface area (Å²) < 4.78 is 70.3. The van der Waals surface area contributed by atoms with Crippen molar-refractivity contribution in [1.82, 2.24) is 0 Å². The molecule has 0 amide bonds. The van der Waals surface area contributed by atoms with E-state index in [1.165, 1.54) is 6.92 Å². The largest absolute Gasteiger partial charge is 0.459 e. The SMILES string of the molecule is CC(C)CCC(C)OC(=O)c1c(F)c(F)c(F)c(F)c1F. The van der Waals surface area contributed by atoms with Crippen LogP contribution in [0.2, 0.25) is 0 Å². The first-order chi connectivity index (χ1) is 9.66. The third kappa shape index (κ3) is 3.92. The van der Waals surface area contributed by atoms with Gasteiger partial charge in [-0.1, -0.05) is 13.8 Å². The van der Waals surface area contributed by atoms with Crippen LogP contribution < -0.4 is 0 Å². The normalized spacial score (nSPS) is 12.6. The number of carbonyl (C=O) groups is 1. The quantitative estimate of drug-likeness (QED) is 0.349. The van der Waals surface area contributed by atoms with Crippen LogP contribution in [0.5, 0.6) is 0 Å². The molecule has 0 spiro atoms. The van der Waals surface area contributed by atoms with Crippen LogP contribution in [0.15, 0.2) is 0 Å². The number of hydrogen-bond acceptors (Lipinski definition) is 2. The fraction of sp³-hybridized carbons (Fsp3) is 0.500. The molecule has 1 atom stereocenters. The van der Waals surface area contributed by atoms with Gasteiger partial charge in [-0.25, -0.2) is 26.7 Å². The second-order valence-corrected chi connectivity index (χ2v) is 5.13. The van der Waals surface area contributed by atoms with Crippen molar-refractivity contribution >= 4 is 5.97 Å². The molecule has 0 fully saturated rings. The summed E-state index contributed by atoms with van der Waals surface area (Å²) in [5.74, 6) is -12.3. The maximum atomic E-state index is 13.4. The number of rotatable bonds is 5. The van der Waals surface area contributed by atoms with E-state index < -0.39 is 46.7 Å². The van der Waals surface area contributed by atoms with Gasteiger partial charge >= 0.3 is 5.97 Å². The van der Waals surface area contributed by atoms with Crippen molar-refractivity contribution in [1.29, 1.82) is 0 Å². The number of carbonyl (C=O) groups excluding carboxylic acids is 1. The number of ether oxygens (including phenoxy) is 1. The Morgan fingerprint density at radius 2 is 1.29 bits per heavy atom. The Morgan fingerprint density at radius 1 is 0.857 bits per heavy atom. The average Bonchev–Trinajstić information content (AvgIpc) is 2.41. The van der Waals surface area contributed by atoms with E-state index in [1.54, 1.807) is 0 Å². The zero-order chi connectivity index (χ0) is 16.3. The summed E-state index contributed by atoms with van der Waals surface area (Å²) in [5, 5.41) is 0. The molecule has 0 aliphatic rings. The van der Waals surface area contributed by atoms with Gasteiger partial charge in [0.05, 0.1) is 6.10 Å². The highest BCUT2D eigenvalue weighted by atomic mass is 19.2. The molecular weight excluding hydrogens is 295 g/mol. The summed E-state index contributed by atoms with van der Waals surface area (Å²) >= 11 is 0. The predicted octanol–water partition coefficient (Wildman–Crippen LogP) is 4.36. The maximum absolute atomic E-state index is 13.4. The molecule has 0 N–H and O–H groups in total. The lowest BCUT2D eigenvalue weighted by Gasteiger charge is -2.15. The van der Waals surface area contributed by atoms with Crippen LogP contribution in [0.1, 0.15) is 44.0 Å². The topological polar surface area (TPSA) is 26.3 Å². The van der Waals surface area contributed by atoms with Crippen molar-refractivity contribution in [3.05, 3.63) is 34.6 Å². The highest BCUT2D eigenvalue weighted by Gasteiger charge is 2.31. The van der Waals surface area contributed by atoms with Crippen molar-refractivity contribution in [3.63, 3.8) is 0 Å². The Labute approximate surface area is 118 Å². The molecule has 7 heteroatoms. The Hall–Kier alpha value is -1.66. The van der Waals surface area contributed by atoms with E-state index in [4.69, 9.17) is 4.74 Å². The molecule has 1 rings (SSSR count). The van der Waals surface area contributed by atoms with Gasteiger partial charge in [-0.15, -0.1) is 0 Å². The molecule has 1 aromatic rings. The highest BCUT2D eigenvalue weighted by molar-refractivity contribution is 5.90. The smallest absolute Gasteiger partial charge is 0.344 e. The molecule has 0 aromatic heterocycles. The summed E-state index contributed by atoms with van der Waals surface area (Å²) in [6, 6.07) is 0. The van der Waals surface area contributed by atoms with Crippen LogP contribution in [-0.4, -0.2) is 12.1 Å². The van der Waals surface area contributed by atoms with Crippen LogP contribution >= 0.6 is 0 Å². The monoisotopic (exact) mass is 310 g/mol. The molecule has 0 bridgehead atoms. The maximum Gasteiger partial charge on any atom is 0.344 e. The van der Waals surface area contributed by atoms with Gasteiger partial charge in [0, 0.05) is 0 Å². The summed E-state index contributed by atoms with van der Waals surface area (Å²) in [6.07, 6.45) is 0.402. The molecule has 1 aromatic carbocycles. The Bertz CT molecular complexity index is 514. The number of halogens is 5. The number of benzene rings is 1. The standard InChI is InChI=1S/C14H15F5O2/c1-6(2)4-5-7(3)21-14(20)8-9(15)11(17)13(19)12(18)10(8)16/h6-7H,4-5H2,1-3H3. The average molecular weight is 310 g/mol. The van der Waals surface area contributed by atoms with Crippen molar-refractivity contribution in [2.24, 2.45) is 5.92 Å². The summed E-state index contributed by atoms with van der Waals surface area (Å²) in [4.78, 5) is 11.6. The molecule has 0 aliphatic carbocycles. The third-order valence-electron chi connectivity index (χ3n) is 2.87. The Morgan fingerprint density at radius 3 is 1.71 bits per heavy atom. The minimum Gasteiger partial charge on any atom is -0.459 e. The Balaban J connectivity index is 2.98. The van der Waals surface area contributed by atoms with Crippen molar-refractivity contribution in [2.75, 3.05) is 0 Å². The highest BCUT2D eigenvalue weighted by Crippen LogP contribution is 2.24. The lowest BCUT2D eigenvalue weighted by Crippen LogP contribution is -2.20. The molecule has 0 aliphatic heterocycles. The Kier molecular flexibility index (Phi) is 5.69. The summed E-state index contributed by atoms with van der Waals surface area (Å²) in [6.45, 7) is 5.34. The van der Waals surface area contributed by atoms with E-state index in [0.717, 1.165) is 0 Å². The first-order valence-corrected chi connectivity index (χ1v) is 6.39. The van der Waals surface area contributed by atoms with Gasteiger partial charge in [-0.05, 0) is 25.7 Å². The van der Waals surface area contributed by atoms with Crippen LogP contribution in [0.3, 0.4) is 0 Å². The minimum atomic E-state index is -2.31. The zero-order valence-electron chi connectivity index (χ0n) is 11.8. The van der Waals surface area contributed by atoms with Crippen LogP contribution in [0, 0.1) is 35.0 Å². The van der Waals surface area contributed by atoms with Crippen LogP contribution in [0.25, 0.3) is 0 Å². The minimum absolute atomic E-state index is 0.320. The van der Waals surface area contributed by atoms with Gasteiger partial charge < -0.3 is 4.74 Å². The fourth-order valence-corrected chi connectivity index (χ4v) is 1.65. The lowest BCUT2D eigenvalue weighted by molar-refractivity contribution is 0.0299. The van der Waals surface area contributed by atoms with Gasteiger partial charge in [0.25, 0.3) is 0 Å². The van der Waals surface area contributed by atoms with Gasteiger partial charge in [-0.2, -0.15) is 0 Å². The lowest BCUT2D eigenvalue weighted by atomic mass is 10.1. The van der Waals surface area contributed by atoms with E-state index in [9.17, 15) is 26.7 Å². The van der Waals surface area contributed by atoms with Gasteiger partial charge in [0.2, 0.25) is 5.82 Å². The van der Waals surface area contributed by atoms with Gasteiger partial charge in [-0.3, -0.25) is 0 Å². The molecule has 0 radical (unpaired) electrons. The second-order valence-electron chi connectivity index (χ2n) is 5.13. The molecular formula is C14H15F5O2. The molecule has 21 heavy (non-hydrogen) atoms. The van der Waals surface area contributed by atoms with E-state index in [1.807, 2.05) is 13.8 Å². The van der Waals surface area contributed by atoms with Crippen molar-refractivity contribution < 1.29 is 31.5 Å². The number of hydrogen-bond donors (Lipinski definition) is 0. The van der Waals surface area contributed by atoms with Gasteiger partial charge in [0.15, 0.2) is 23.3 Å². The first kappa shape index (κ1) is 17.4. The summed E-state index contributed by atoms with van der Waals surface area (Å²) in [7, 11) is 0. The van der Waals surface area contributed by atoms with Crippen molar-refractivity contribution in [2.45, 2.75) is 39.7 Å². The second kappa shape index (κ2) is 6.87. The third-order valence-corrected chi connectivity index (χ3v) is 2.87. The van der Waals surface area contributed by atoms with Crippen LogP contribution in [-0.2, 0) is 4.74 Å². The summed E-state index contributed by atoms with van der Waals surface area (Å²) in [5.41, 5.74) is -1.57. The molecule has 0 saturated heterocycles. The van der Waals surface area contributed by atoms with E-state index in [0.29, 0.717) is 18.8 Å². The molecule has 2 nitrogen and oxygen atoms in total. The fourth-order valence-electron chi connectivity index (χ4n) is 1.65. The van der Waals surface area contributed by atoms with E-state index in [-0.39, 0.29) is 0 Å². The molecule has 0 heterocycles. The van der Waals surface area contributed by atoms with E-state index in [2.05, 4.69) is 0 Å². The molecule has 1 unspecified atom stereocenters. The molecule has 0 saturated carbocycles.